The Morgan fingerprint density at radius 1 is 1.06 bits per heavy atom. The van der Waals surface area contributed by atoms with Crippen LogP contribution in [0.15, 0.2) is 54.1 Å². The van der Waals surface area contributed by atoms with Gasteiger partial charge in [-0.25, -0.2) is 4.90 Å². The number of imide groups is 2. The zero-order valence-corrected chi connectivity index (χ0v) is 30.6. The Hall–Kier alpha value is -4.69. The molecule has 1 N–H and O–H groups in total. The molecule has 0 bridgehead atoms. The molecule has 1 saturated carbocycles. The van der Waals surface area contributed by atoms with E-state index in [1.165, 1.54) is 20.9 Å². The van der Waals surface area contributed by atoms with E-state index in [2.05, 4.69) is 4.74 Å². The van der Waals surface area contributed by atoms with Gasteiger partial charge in [0.25, 0.3) is 0 Å². The van der Waals surface area contributed by atoms with Crippen molar-refractivity contribution in [1.29, 1.82) is 0 Å². The summed E-state index contributed by atoms with van der Waals surface area (Å²) in [6.45, 7) is 5.61. The Kier molecular flexibility index (Phi) is 8.12. The van der Waals surface area contributed by atoms with Gasteiger partial charge in [-0.15, -0.1) is 24.5 Å². The maximum Gasteiger partial charge on any atom is 0.573 e. The van der Waals surface area contributed by atoms with Crippen LogP contribution in [-0.4, -0.2) is 56.3 Å². The second-order valence-corrected chi connectivity index (χ2v) is 16.0. The number of allylic oxidation sites excluding steroid dienone is 2. The number of benzene rings is 2. The van der Waals surface area contributed by atoms with Gasteiger partial charge in [0.1, 0.15) is 23.0 Å². The van der Waals surface area contributed by atoms with Crippen molar-refractivity contribution in [2.45, 2.75) is 52.3 Å². The summed E-state index contributed by atoms with van der Waals surface area (Å²) in [7, 11) is 1.61. The predicted molar refractivity (Wildman–Crippen MR) is 190 cm³/mol. The van der Waals surface area contributed by atoms with E-state index >= 15 is 0 Å². The van der Waals surface area contributed by atoms with Gasteiger partial charge < -0.3 is 9.84 Å². The number of anilines is 1. The van der Waals surface area contributed by atoms with Crippen molar-refractivity contribution in [1.82, 2.24) is 14.7 Å². The van der Waals surface area contributed by atoms with Gasteiger partial charge >= 0.3 is 6.36 Å². The number of hydrogen-bond acceptors (Lipinski definition) is 8. The highest BCUT2D eigenvalue weighted by molar-refractivity contribution is 7.22. The molecule has 53 heavy (non-hydrogen) atoms. The second-order valence-electron chi connectivity index (χ2n) is 14.5. The zero-order chi connectivity index (χ0) is 37.9. The summed E-state index contributed by atoms with van der Waals surface area (Å²) in [5.74, 6) is -7.13. The molecule has 15 heteroatoms. The Bertz CT molecular complexity index is 2300. The molecule has 2 saturated heterocycles. The maximum absolute atomic E-state index is 15.0. The van der Waals surface area contributed by atoms with Crippen LogP contribution in [0, 0.1) is 36.0 Å². The van der Waals surface area contributed by atoms with Crippen LogP contribution in [0.5, 0.6) is 11.5 Å². The minimum atomic E-state index is -5.04. The van der Waals surface area contributed by atoms with Crippen molar-refractivity contribution in [3.05, 3.63) is 70.3 Å². The number of alkyl halides is 3. The van der Waals surface area contributed by atoms with E-state index < -0.39 is 64.7 Å². The van der Waals surface area contributed by atoms with Crippen molar-refractivity contribution in [2.75, 3.05) is 11.4 Å². The van der Waals surface area contributed by atoms with Crippen molar-refractivity contribution in [3.8, 4) is 22.1 Å². The molecule has 4 amide bonds. The van der Waals surface area contributed by atoms with Gasteiger partial charge in [-0.05, 0) is 86.4 Å². The third kappa shape index (κ3) is 5.23. The number of fused-ring (bicyclic) bond motifs is 5. The number of halogens is 4. The number of likely N-dealkylation sites (tertiary alicyclic amines) is 1. The average molecular weight is 767 g/mol. The highest BCUT2D eigenvalue weighted by Gasteiger charge is 2.68. The first kappa shape index (κ1) is 35.3. The Morgan fingerprint density at radius 2 is 1.81 bits per heavy atom. The van der Waals surface area contributed by atoms with Gasteiger partial charge in [0.2, 0.25) is 23.6 Å². The van der Waals surface area contributed by atoms with Gasteiger partial charge in [0.15, 0.2) is 0 Å². The number of ether oxygens (including phenoxy) is 1. The summed E-state index contributed by atoms with van der Waals surface area (Å²) in [6.07, 6.45) is -2.52. The SMILES string of the molecule is CCCN1C(=O)C2CC=C3C(CC4C(=O)N(c5cc(-c6sc7ccc(Cl)cc7c6C)nn5C)C(=O)C4(C)C3c3cc(OC(F)(F)F)ccc3O)C2C1=O. The number of thiophene rings is 1. The fourth-order valence-corrected chi connectivity index (χ4v) is 10.6. The number of amides is 4. The van der Waals surface area contributed by atoms with Gasteiger partial charge in [0.05, 0.1) is 28.0 Å². The van der Waals surface area contributed by atoms with Crippen LogP contribution in [0.25, 0.3) is 20.7 Å². The summed E-state index contributed by atoms with van der Waals surface area (Å²) in [5.41, 5.74) is 0.298. The molecule has 276 valence electrons. The first-order valence-corrected chi connectivity index (χ1v) is 18.5. The van der Waals surface area contributed by atoms with E-state index in [1.807, 2.05) is 26.0 Å². The lowest BCUT2D eigenvalue weighted by Crippen LogP contribution is -2.49. The van der Waals surface area contributed by atoms with Crippen molar-refractivity contribution >= 4 is 62.5 Å². The maximum atomic E-state index is 15.0. The molecular weight excluding hydrogens is 733 g/mol. The minimum Gasteiger partial charge on any atom is -0.508 e. The minimum absolute atomic E-state index is 0.0421. The van der Waals surface area contributed by atoms with Gasteiger partial charge in [0, 0.05) is 40.9 Å². The number of phenolic OH excluding ortho intramolecular Hbond substituents is 1. The van der Waals surface area contributed by atoms with E-state index in [0.717, 1.165) is 43.6 Å². The van der Waals surface area contributed by atoms with Gasteiger partial charge in [-0.1, -0.05) is 30.2 Å². The number of hydrogen-bond donors (Lipinski definition) is 1. The molecule has 10 nitrogen and oxygen atoms in total. The largest absolute Gasteiger partial charge is 0.573 e. The van der Waals surface area contributed by atoms with Crippen LogP contribution in [0.1, 0.15) is 50.2 Å². The molecule has 2 aliphatic heterocycles. The second kappa shape index (κ2) is 12.2. The molecule has 0 radical (unpaired) electrons. The Balaban J connectivity index is 1.27. The third-order valence-corrected chi connectivity index (χ3v) is 13.1. The van der Waals surface area contributed by atoms with Gasteiger partial charge in [-0.2, -0.15) is 5.10 Å². The van der Waals surface area contributed by atoms with E-state index in [4.69, 9.17) is 16.7 Å². The predicted octanol–water partition coefficient (Wildman–Crippen LogP) is 7.51. The lowest BCUT2D eigenvalue weighted by atomic mass is 9.51. The molecule has 8 rings (SSSR count). The molecule has 0 spiro atoms. The molecule has 4 heterocycles. The van der Waals surface area contributed by atoms with Crippen LogP contribution >= 0.6 is 22.9 Å². The van der Waals surface area contributed by atoms with Crippen LogP contribution < -0.4 is 9.64 Å². The third-order valence-electron chi connectivity index (χ3n) is 11.6. The average Bonchev–Trinajstić information content (AvgIpc) is 3.76. The summed E-state index contributed by atoms with van der Waals surface area (Å²) in [4.78, 5) is 60.2. The summed E-state index contributed by atoms with van der Waals surface area (Å²) in [5, 5.41) is 17.5. The van der Waals surface area contributed by atoms with E-state index in [9.17, 15) is 37.5 Å². The molecular formula is C38H34ClF3N4O6S. The van der Waals surface area contributed by atoms with E-state index in [-0.39, 0.29) is 42.6 Å². The van der Waals surface area contributed by atoms with Crippen LogP contribution in [0.3, 0.4) is 0 Å². The highest BCUT2D eigenvalue weighted by atomic mass is 35.5. The van der Waals surface area contributed by atoms with E-state index in [1.54, 1.807) is 32.2 Å². The Morgan fingerprint density at radius 3 is 2.53 bits per heavy atom. The van der Waals surface area contributed by atoms with E-state index in [0.29, 0.717) is 22.7 Å². The van der Waals surface area contributed by atoms with Crippen molar-refractivity contribution in [2.24, 2.45) is 36.1 Å². The van der Waals surface area contributed by atoms with Gasteiger partial charge in [-0.3, -0.25) is 28.8 Å². The molecule has 2 aromatic heterocycles. The molecule has 3 fully saturated rings. The highest BCUT2D eigenvalue weighted by Crippen LogP contribution is 2.64. The number of aromatic hydroxyl groups is 1. The number of phenols is 1. The standard InChI is InChI=1S/C38H34ClF3N4O6S/c1-5-12-45-33(48)21-9-8-20-23(30(21)35(45)50)15-25-34(49)46(29-16-26(43-44(29)4)32-17(2)22-13-18(39)6-11-28(22)53-32)36(51)37(25,3)31(20)24-14-19(7-10-27(24)47)52-38(40,41)42/h6-8,10-11,13-14,16,21,23,25,30-31,47H,5,9,12,15H2,1-4H3. The number of carbonyl (C=O) groups excluding carboxylic acids is 4. The normalized spacial score (nSPS) is 27.0. The van der Waals surface area contributed by atoms with Crippen molar-refractivity contribution < 1.29 is 42.2 Å². The first-order valence-electron chi connectivity index (χ1n) is 17.3. The van der Waals surface area contributed by atoms with Crippen LogP contribution in [-0.2, 0) is 26.2 Å². The fourth-order valence-electron chi connectivity index (χ4n) is 9.26. The topological polar surface area (TPSA) is 122 Å². The quantitative estimate of drug-likeness (QED) is 0.159. The zero-order valence-electron chi connectivity index (χ0n) is 29.0. The molecule has 2 aliphatic carbocycles. The molecule has 4 aromatic rings. The first-order chi connectivity index (χ1) is 25.0. The number of carbonyl (C=O) groups is 4. The summed E-state index contributed by atoms with van der Waals surface area (Å²) >= 11 is 7.76. The molecule has 2 aromatic carbocycles. The smallest absolute Gasteiger partial charge is 0.508 e. The molecule has 6 atom stereocenters. The molecule has 4 aliphatic rings. The number of aromatic nitrogens is 2. The lowest BCUT2D eigenvalue weighted by Gasteiger charge is -2.49. The summed E-state index contributed by atoms with van der Waals surface area (Å²) in [6, 6.07) is 10.3. The fraction of sp³-hybridized carbons (Fsp3) is 0.395. The molecule has 6 unspecified atom stereocenters. The number of aryl methyl sites for hydroxylation is 2. The van der Waals surface area contributed by atoms with Crippen LogP contribution in [0.4, 0.5) is 19.0 Å². The number of nitrogens with zero attached hydrogens (tertiary/aromatic N) is 4. The lowest BCUT2D eigenvalue weighted by molar-refractivity contribution is -0.274. The number of rotatable bonds is 6. The van der Waals surface area contributed by atoms with Crippen molar-refractivity contribution in [3.63, 3.8) is 0 Å². The monoisotopic (exact) mass is 766 g/mol. The van der Waals surface area contributed by atoms with Crippen LogP contribution in [0.2, 0.25) is 5.02 Å². The Labute approximate surface area is 310 Å². The summed E-state index contributed by atoms with van der Waals surface area (Å²) < 4.78 is 46.9.